The smallest absolute Gasteiger partial charge is 0.127 e. The molecule has 0 bridgehead atoms. The van der Waals surface area contributed by atoms with Gasteiger partial charge in [0.1, 0.15) is 5.82 Å². The lowest BCUT2D eigenvalue weighted by Gasteiger charge is -2.27. The molecule has 0 saturated heterocycles. The number of fused-ring (bicyclic) bond motifs is 3. The minimum absolute atomic E-state index is 0.247. The van der Waals surface area contributed by atoms with Crippen molar-refractivity contribution in [1.82, 2.24) is 14.5 Å². The van der Waals surface area contributed by atoms with Crippen LogP contribution in [0.25, 0.3) is 6.08 Å². The Morgan fingerprint density at radius 3 is 2.92 bits per heavy atom. The molecule has 4 heteroatoms. The number of anilines is 1. The summed E-state index contributed by atoms with van der Waals surface area (Å²) < 4.78 is 2.47. The Balaban J connectivity index is 1.71. The minimum Gasteiger partial charge on any atom is -0.352 e. The molecule has 0 amide bonds. The number of nitrogens with zero attached hydrogens (tertiary/aromatic N) is 3. The predicted octanol–water partition coefficient (Wildman–Crippen LogP) is 3.54. The van der Waals surface area contributed by atoms with Gasteiger partial charge in [-0.05, 0) is 48.2 Å². The van der Waals surface area contributed by atoms with Crippen molar-refractivity contribution >= 4 is 11.9 Å². The molecule has 0 fully saturated rings. The molecule has 24 heavy (non-hydrogen) atoms. The summed E-state index contributed by atoms with van der Waals surface area (Å²) in [7, 11) is 2.22. The van der Waals surface area contributed by atoms with Gasteiger partial charge in [-0.15, -0.1) is 0 Å². The molecule has 0 spiro atoms. The standard InChI is InChI=1S/C20H26N4/c1-20(2)9-7-17-15(12-20)16-13-23(3)11-8-18(16)24(17)14-22-19-6-4-5-10-21-19/h4-7,9-10H,8,11-14H2,1-3H3,(H,21,22). The first-order chi connectivity index (χ1) is 11.5. The molecule has 4 rings (SSSR count). The maximum absolute atomic E-state index is 4.39. The predicted molar refractivity (Wildman–Crippen MR) is 98.8 cm³/mol. The van der Waals surface area contributed by atoms with E-state index in [4.69, 9.17) is 0 Å². The fraction of sp³-hybridized carbons (Fsp3) is 0.450. The van der Waals surface area contributed by atoms with Crippen molar-refractivity contribution in [3.8, 4) is 0 Å². The van der Waals surface area contributed by atoms with E-state index < -0.39 is 0 Å². The Kier molecular flexibility index (Phi) is 3.72. The van der Waals surface area contributed by atoms with Gasteiger partial charge < -0.3 is 14.8 Å². The average Bonchev–Trinajstić information content (AvgIpc) is 2.85. The molecule has 4 nitrogen and oxygen atoms in total. The molecule has 2 aliphatic rings. The van der Waals surface area contributed by atoms with Gasteiger partial charge in [-0.25, -0.2) is 4.98 Å². The van der Waals surface area contributed by atoms with Gasteiger partial charge in [0.25, 0.3) is 0 Å². The van der Waals surface area contributed by atoms with Crippen LogP contribution in [-0.4, -0.2) is 28.0 Å². The van der Waals surface area contributed by atoms with Crippen LogP contribution in [0, 0.1) is 5.41 Å². The Bertz CT molecular complexity index is 771. The normalized spacial score (nSPS) is 19.0. The first kappa shape index (κ1) is 15.5. The number of nitrogens with one attached hydrogen (secondary N) is 1. The number of hydrogen-bond acceptors (Lipinski definition) is 3. The Morgan fingerprint density at radius 2 is 2.12 bits per heavy atom. The van der Waals surface area contributed by atoms with Crippen molar-refractivity contribution < 1.29 is 0 Å². The van der Waals surface area contributed by atoms with Gasteiger partial charge in [0.05, 0.1) is 6.67 Å². The second-order valence-electron chi connectivity index (χ2n) is 7.75. The highest BCUT2D eigenvalue weighted by Crippen LogP contribution is 2.38. The molecule has 0 radical (unpaired) electrons. The summed E-state index contributed by atoms with van der Waals surface area (Å²) in [5, 5.41) is 3.48. The Labute approximate surface area is 144 Å². The Morgan fingerprint density at radius 1 is 1.25 bits per heavy atom. The summed E-state index contributed by atoms with van der Waals surface area (Å²) in [4.78, 5) is 6.82. The van der Waals surface area contributed by atoms with Crippen molar-refractivity contribution in [3.63, 3.8) is 0 Å². The van der Waals surface area contributed by atoms with Crippen LogP contribution < -0.4 is 5.32 Å². The zero-order valence-electron chi connectivity index (χ0n) is 14.8. The van der Waals surface area contributed by atoms with Crippen LogP contribution in [-0.2, 0) is 26.1 Å². The second kappa shape index (κ2) is 5.78. The number of rotatable bonds is 3. The van der Waals surface area contributed by atoms with E-state index in [-0.39, 0.29) is 5.41 Å². The molecule has 1 aliphatic carbocycles. The van der Waals surface area contributed by atoms with Gasteiger partial charge in [-0.1, -0.05) is 26.0 Å². The topological polar surface area (TPSA) is 33.1 Å². The van der Waals surface area contributed by atoms with Gasteiger partial charge in [-0.2, -0.15) is 0 Å². The molecule has 1 N–H and O–H groups in total. The van der Waals surface area contributed by atoms with Crippen molar-refractivity contribution in [3.05, 3.63) is 53.0 Å². The van der Waals surface area contributed by atoms with Crippen LogP contribution in [0.15, 0.2) is 30.5 Å². The maximum Gasteiger partial charge on any atom is 0.127 e. The van der Waals surface area contributed by atoms with Crippen molar-refractivity contribution in [2.75, 3.05) is 18.9 Å². The van der Waals surface area contributed by atoms with Gasteiger partial charge >= 0.3 is 0 Å². The second-order valence-corrected chi connectivity index (χ2v) is 7.75. The summed E-state index contributed by atoms with van der Waals surface area (Å²) in [5.74, 6) is 0.932. The molecule has 1 aliphatic heterocycles. The third-order valence-corrected chi connectivity index (χ3v) is 5.20. The first-order valence-electron chi connectivity index (χ1n) is 8.79. The molecule has 0 unspecified atom stereocenters. The highest BCUT2D eigenvalue weighted by Gasteiger charge is 2.31. The van der Waals surface area contributed by atoms with E-state index in [2.05, 4.69) is 52.8 Å². The average molecular weight is 322 g/mol. The van der Waals surface area contributed by atoms with Crippen LogP contribution >= 0.6 is 0 Å². The Hall–Kier alpha value is -2.07. The summed E-state index contributed by atoms with van der Waals surface area (Å²) in [6.07, 6.45) is 8.78. The SMILES string of the molecule is CN1CCc2c(c3c(n2CNc2ccccn2)C=CC(C)(C)C3)C1. The summed E-state index contributed by atoms with van der Waals surface area (Å²) in [5.41, 5.74) is 6.24. The van der Waals surface area contributed by atoms with Gasteiger partial charge in [0.2, 0.25) is 0 Å². The fourth-order valence-corrected chi connectivity index (χ4v) is 3.93. The minimum atomic E-state index is 0.247. The van der Waals surface area contributed by atoms with Crippen molar-refractivity contribution in [2.24, 2.45) is 5.41 Å². The first-order valence-corrected chi connectivity index (χ1v) is 8.79. The lowest BCUT2D eigenvalue weighted by molar-refractivity contribution is 0.306. The quantitative estimate of drug-likeness (QED) is 0.938. The molecule has 0 atom stereocenters. The highest BCUT2D eigenvalue weighted by atomic mass is 15.2. The lowest BCUT2D eigenvalue weighted by atomic mass is 9.80. The number of likely N-dealkylation sites (N-methyl/N-ethyl adjacent to an activating group) is 1. The number of pyridine rings is 1. The van der Waals surface area contributed by atoms with Gasteiger partial charge in [0, 0.05) is 37.1 Å². The van der Waals surface area contributed by atoms with Crippen LogP contribution in [0.4, 0.5) is 5.82 Å². The number of allylic oxidation sites excluding steroid dienone is 1. The molecular formula is C20H26N4. The fourth-order valence-electron chi connectivity index (χ4n) is 3.93. The zero-order chi connectivity index (χ0) is 16.7. The van der Waals surface area contributed by atoms with E-state index in [1.54, 1.807) is 11.1 Å². The van der Waals surface area contributed by atoms with E-state index in [1.165, 1.54) is 11.4 Å². The molecule has 126 valence electrons. The van der Waals surface area contributed by atoms with Crippen LogP contribution in [0.1, 0.15) is 36.4 Å². The van der Waals surface area contributed by atoms with Crippen LogP contribution in [0.5, 0.6) is 0 Å². The van der Waals surface area contributed by atoms with Crippen molar-refractivity contribution in [1.29, 1.82) is 0 Å². The third-order valence-electron chi connectivity index (χ3n) is 5.20. The van der Waals surface area contributed by atoms with Crippen LogP contribution in [0.2, 0.25) is 0 Å². The summed E-state index contributed by atoms with van der Waals surface area (Å²) in [6.45, 7) is 7.64. The molecule has 0 aromatic carbocycles. The third kappa shape index (κ3) is 2.75. The lowest BCUT2D eigenvalue weighted by Crippen LogP contribution is -2.28. The highest BCUT2D eigenvalue weighted by molar-refractivity contribution is 5.60. The summed E-state index contributed by atoms with van der Waals surface area (Å²) >= 11 is 0. The molecule has 0 saturated carbocycles. The van der Waals surface area contributed by atoms with Gasteiger partial charge in [-0.3, -0.25) is 0 Å². The number of hydrogen-bond donors (Lipinski definition) is 1. The largest absolute Gasteiger partial charge is 0.352 e. The molecular weight excluding hydrogens is 296 g/mol. The monoisotopic (exact) mass is 322 g/mol. The maximum atomic E-state index is 4.39. The molecule has 2 aromatic rings. The van der Waals surface area contributed by atoms with E-state index in [1.807, 2.05) is 24.4 Å². The number of aromatic nitrogens is 2. The van der Waals surface area contributed by atoms with Crippen LogP contribution in [0.3, 0.4) is 0 Å². The van der Waals surface area contributed by atoms with E-state index in [9.17, 15) is 0 Å². The molecule has 2 aromatic heterocycles. The zero-order valence-corrected chi connectivity index (χ0v) is 14.8. The van der Waals surface area contributed by atoms with Crippen molar-refractivity contribution in [2.45, 2.75) is 39.9 Å². The molecule has 3 heterocycles. The van der Waals surface area contributed by atoms with E-state index in [0.29, 0.717) is 0 Å². The van der Waals surface area contributed by atoms with E-state index >= 15 is 0 Å². The summed E-state index contributed by atoms with van der Waals surface area (Å²) in [6, 6.07) is 5.99. The van der Waals surface area contributed by atoms with E-state index in [0.717, 1.165) is 38.4 Å². The van der Waals surface area contributed by atoms with Gasteiger partial charge in [0.15, 0.2) is 0 Å².